The predicted molar refractivity (Wildman–Crippen MR) is 81.2 cm³/mol. The Hall–Kier alpha value is -1.47. The maximum atomic E-state index is 6.14. The van der Waals surface area contributed by atoms with Crippen molar-refractivity contribution in [2.45, 2.75) is 26.7 Å². The molecule has 1 nitrogen and oxygen atoms in total. The fourth-order valence-corrected chi connectivity index (χ4v) is 2.21. The summed E-state index contributed by atoms with van der Waals surface area (Å²) in [7, 11) is 0. The van der Waals surface area contributed by atoms with Crippen molar-refractivity contribution in [1.29, 1.82) is 0 Å². The van der Waals surface area contributed by atoms with Crippen LogP contribution in [0.15, 0.2) is 42.5 Å². The lowest BCUT2D eigenvalue weighted by atomic mass is 10.1. The second-order valence-corrected chi connectivity index (χ2v) is 5.19. The molecule has 2 aromatic rings. The zero-order chi connectivity index (χ0) is 13.7. The van der Waals surface area contributed by atoms with Gasteiger partial charge in [-0.3, -0.25) is 0 Å². The summed E-state index contributed by atoms with van der Waals surface area (Å²) in [6.07, 6.45) is 2.07. The van der Waals surface area contributed by atoms with E-state index in [0.29, 0.717) is 0 Å². The summed E-state index contributed by atoms with van der Waals surface area (Å²) >= 11 is 6.14. The summed E-state index contributed by atoms with van der Waals surface area (Å²) in [4.78, 5) is 0. The van der Waals surface area contributed by atoms with E-state index >= 15 is 0 Å². The Morgan fingerprint density at radius 2 is 1.63 bits per heavy atom. The number of benzene rings is 2. The molecule has 0 N–H and O–H groups in total. The quantitative estimate of drug-likeness (QED) is 0.700. The van der Waals surface area contributed by atoms with Gasteiger partial charge in [0.2, 0.25) is 0 Å². The molecule has 0 spiro atoms. The molecule has 0 aliphatic rings. The van der Waals surface area contributed by atoms with E-state index in [1.165, 1.54) is 5.56 Å². The van der Waals surface area contributed by atoms with Crippen molar-refractivity contribution in [3.8, 4) is 5.75 Å². The van der Waals surface area contributed by atoms with Crippen LogP contribution in [0.1, 0.15) is 23.1 Å². The molecule has 0 bridgehead atoms. The van der Waals surface area contributed by atoms with Crippen molar-refractivity contribution in [2.24, 2.45) is 0 Å². The maximum absolute atomic E-state index is 6.14. The first-order valence-electron chi connectivity index (χ1n) is 6.60. The summed E-state index contributed by atoms with van der Waals surface area (Å²) in [5.74, 6) is 0.910. The smallest absolute Gasteiger partial charge is 0.119 e. The highest BCUT2D eigenvalue weighted by molar-refractivity contribution is 6.32. The van der Waals surface area contributed by atoms with Gasteiger partial charge in [0.15, 0.2) is 0 Å². The summed E-state index contributed by atoms with van der Waals surface area (Å²) in [5.41, 5.74) is 3.49. The van der Waals surface area contributed by atoms with E-state index in [-0.39, 0.29) is 0 Å². The third-order valence-electron chi connectivity index (χ3n) is 3.13. The van der Waals surface area contributed by atoms with Gasteiger partial charge in [-0.15, -0.1) is 0 Å². The van der Waals surface area contributed by atoms with Gasteiger partial charge in [0, 0.05) is 5.02 Å². The minimum atomic E-state index is 0.732. The van der Waals surface area contributed by atoms with E-state index in [0.717, 1.165) is 41.3 Å². The summed E-state index contributed by atoms with van der Waals surface area (Å²) in [6.45, 7) is 4.74. The van der Waals surface area contributed by atoms with Crippen LogP contribution in [-0.2, 0) is 6.42 Å². The first kappa shape index (κ1) is 14.0. The lowest BCUT2D eigenvalue weighted by molar-refractivity contribution is 0.310. The van der Waals surface area contributed by atoms with Crippen LogP contribution in [-0.4, -0.2) is 6.61 Å². The van der Waals surface area contributed by atoms with Gasteiger partial charge in [0.25, 0.3) is 0 Å². The molecule has 2 aromatic carbocycles. The number of aryl methyl sites for hydroxylation is 3. The van der Waals surface area contributed by atoms with Gasteiger partial charge in [0.05, 0.1) is 6.61 Å². The van der Waals surface area contributed by atoms with Gasteiger partial charge in [-0.1, -0.05) is 41.9 Å². The zero-order valence-electron chi connectivity index (χ0n) is 11.4. The van der Waals surface area contributed by atoms with Crippen molar-refractivity contribution in [1.82, 2.24) is 0 Å². The molecule has 19 heavy (non-hydrogen) atoms. The number of hydrogen-bond acceptors (Lipinski definition) is 1. The van der Waals surface area contributed by atoms with Crippen molar-refractivity contribution >= 4 is 11.6 Å². The summed E-state index contributed by atoms with van der Waals surface area (Å²) < 4.78 is 5.79. The van der Waals surface area contributed by atoms with Crippen LogP contribution in [0.2, 0.25) is 5.02 Å². The maximum Gasteiger partial charge on any atom is 0.119 e. The Kier molecular flexibility index (Phi) is 4.86. The first-order chi connectivity index (χ1) is 9.16. The van der Waals surface area contributed by atoms with Gasteiger partial charge >= 0.3 is 0 Å². The van der Waals surface area contributed by atoms with E-state index in [9.17, 15) is 0 Å². The van der Waals surface area contributed by atoms with Gasteiger partial charge in [-0.25, -0.2) is 0 Å². The fourth-order valence-electron chi connectivity index (χ4n) is 2.10. The minimum Gasteiger partial charge on any atom is -0.494 e. The second kappa shape index (κ2) is 6.63. The minimum absolute atomic E-state index is 0.732. The van der Waals surface area contributed by atoms with E-state index in [2.05, 4.69) is 24.3 Å². The monoisotopic (exact) mass is 274 g/mol. The molecule has 0 fully saturated rings. The molecule has 0 aliphatic carbocycles. The van der Waals surface area contributed by atoms with Gasteiger partial charge in [-0.05, 0) is 55.5 Å². The third kappa shape index (κ3) is 4.00. The van der Waals surface area contributed by atoms with Crippen LogP contribution in [0.5, 0.6) is 5.75 Å². The molecule has 0 heterocycles. The average molecular weight is 275 g/mol. The standard InChI is InChI=1S/C17H19ClO/c1-13-11-16(12-14(2)17(13)18)19-10-6-9-15-7-4-3-5-8-15/h3-5,7-8,11-12H,6,9-10H2,1-2H3. The van der Waals surface area contributed by atoms with E-state index in [1.54, 1.807) is 0 Å². The molecular weight excluding hydrogens is 256 g/mol. The van der Waals surface area contributed by atoms with E-state index in [1.807, 2.05) is 32.0 Å². The highest BCUT2D eigenvalue weighted by Crippen LogP contribution is 2.25. The number of ether oxygens (including phenoxy) is 1. The lowest BCUT2D eigenvalue weighted by Crippen LogP contribution is -2.00. The van der Waals surface area contributed by atoms with Crippen LogP contribution < -0.4 is 4.74 Å². The van der Waals surface area contributed by atoms with Crippen LogP contribution >= 0.6 is 11.6 Å². The Balaban J connectivity index is 1.83. The summed E-state index contributed by atoms with van der Waals surface area (Å²) in [5, 5.41) is 0.830. The van der Waals surface area contributed by atoms with E-state index in [4.69, 9.17) is 16.3 Å². The van der Waals surface area contributed by atoms with Gasteiger partial charge in [0.1, 0.15) is 5.75 Å². The Bertz CT molecular complexity index is 511. The van der Waals surface area contributed by atoms with Crippen LogP contribution in [0.4, 0.5) is 0 Å². The van der Waals surface area contributed by atoms with Gasteiger partial charge < -0.3 is 4.74 Å². The lowest BCUT2D eigenvalue weighted by Gasteiger charge is -2.10. The molecule has 0 atom stereocenters. The fraction of sp³-hybridized carbons (Fsp3) is 0.294. The topological polar surface area (TPSA) is 9.23 Å². The molecule has 100 valence electrons. The Labute approximate surface area is 120 Å². The molecule has 2 rings (SSSR count). The predicted octanol–water partition coefficient (Wildman–Crippen LogP) is 4.97. The highest BCUT2D eigenvalue weighted by atomic mass is 35.5. The van der Waals surface area contributed by atoms with Crippen molar-refractivity contribution in [3.63, 3.8) is 0 Å². The normalized spacial score (nSPS) is 10.5. The van der Waals surface area contributed by atoms with Crippen molar-refractivity contribution < 1.29 is 4.74 Å². The number of hydrogen-bond donors (Lipinski definition) is 0. The molecule has 0 unspecified atom stereocenters. The highest BCUT2D eigenvalue weighted by Gasteiger charge is 2.03. The average Bonchev–Trinajstić information content (AvgIpc) is 2.42. The molecule has 0 aromatic heterocycles. The molecule has 0 saturated heterocycles. The second-order valence-electron chi connectivity index (χ2n) is 4.81. The first-order valence-corrected chi connectivity index (χ1v) is 6.98. The van der Waals surface area contributed by atoms with Crippen molar-refractivity contribution in [3.05, 3.63) is 64.2 Å². The molecular formula is C17H19ClO. The zero-order valence-corrected chi connectivity index (χ0v) is 12.2. The van der Waals surface area contributed by atoms with Crippen LogP contribution in [0, 0.1) is 13.8 Å². The Morgan fingerprint density at radius 1 is 1.00 bits per heavy atom. The van der Waals surface area contributed by atoms with Gasteiger partial charge in [-0.2, -0.15) is 0 Å². The molecule has 0 aliphatic heterocycles. The van der Waals surface area contributed by atoms with Crippen LogP contribution in [0.3, 0.4) is 0 Å². The molecule has 0 radical (unpaired) electrons. The van der Waals surface area contributed by atoms with Crippen LogP contribution in [0.25, 0.3) is 0 Å². The Morgan fingerprint density at radius 3 is 2.26 bits per heavy atom. The van der Waals surface area contributed by atoms with E-state index < -0.39 is 0 Å². The number of rotatable bonds is 5. The largest absolute Gasteiger partial charge is 0.494 e. The summed E-state index contributed by atoms with van der Waals surface area (Å²) in [6, 6.07) is 14.5. The molecule has 0 amide bonds. The third-order valence-corrected chi connectivity index (χ3v) is 3.73. The number of halogens is 1. The molecule has 0 saturated carbocycles. The van der Waals surface area contributed by atoms with Crippen molar-refractivity contribution in [2.75, 3.05) is 6.61 Å². The molecule has 2 heteroatoms. The SMILES string of the molecule is Cc1cc(OCCCc2ccccc2)cc(C)c1Cl.